The maximum absolute atomic E-state index is 12.3. The van der Waals surface area contributed by atoms with Gasteiger partial charge in [0, 0.05) is 12.3 Å². The van der Waals surface area contributed by atoms with Crippen LogP contribution < -0.4 is 9.64 Å². The predicted octanol–water partition coefficient (Wildman–Crippen LogP) is 4.33. The van der Waals surface area contributed by atoms with Crippen molar-refractivity contribution in [3.63, 3.8) is 0 Å². The van der Waals surface area contributed by atoms with Crippen LogP contribution in [-0.2, 0) is 11.4 Å². The van der Waals surface area contributed by atoms with Gasteiger partial charge in [-0.05, 0) is 47.5 Å². The lowest BCUT2D eigenvalue weighted by Crippen LogP contribution is -2.23. The first kappa shape index (κ1) is 19.4. The molecule has 0 bridgehead atoms. The Morgan fingerprint density at radius 1 is 1.32 bits per heavy atom. The van der Waals surface area contributed by atoms with Crippen LogP contribution in [-0.4, -0.2) is 20.8 Å². The summed E-state index contributed by atoms with van der Waals surface area (Å²) >= 11 is 1.30. The normalized spacial score (nSPS) is 10.5. The third-order valence-corrected chi connectivity index (χ3v) is 4.81. The molecule has 0 aliphatic rings. The monoisotopic (exact) mass is 398 g/mol. The summed E-state index contributed by atoms with van der Waals surface area (Å²) in [7, 11) is 0. The van der Waals surface area contributed by atoms with Crippen molar-refractivity contribution in [1.29, 1.82) is 0 Å². The number of carbonyl (C=O) groups is 1. The number of thiazole rings is 1. The molecule has 0 saturated carbocycles. The van der Waals surface area contributed by atoms with E-state index in [9.17, 15) is 14.9 Å². The van der Waals surface area contributed by atoms with Crippen LogP contribution in [0.2, 0.25) is 0 Å². The molecule has 2 heterocycles. The van der Waals surface area contributed by atoms with Gasteiger partial charge in [0.1, 0.15) is 12.8 Å². The molecule has 0 N–H and O–H groups in total. The van der Waals surface area contributed by atoms with Gasteiger partial charge in [0.15, 0.2) is 5.13 Å². The largest absolute Gasteiger partial charge is 0.479 e. The molecule has 0 spiro atoms. The zero-order valence-corrected chi connectivity index (χ0v) is 16.4. The first-order chi connectivity index (χ1) is 13.4. The molecule has 28 heavy (non-hydrogen) atoms. The molecule has 1 amide bonds. The zero-order valence-electron chi connectivity index (χ0n) is 15.6. The third kappa shape index (κ3) is 4.15. The van der Waals surface area contributed by atoms with E-state index in [1.165, 1.54) is 30.5 Å². The second-order valence-electron chi connectivity index (χ2n) is 6.14. The summed E-state index contributed by atoms with van der Waals surface area (Å²) in [6.07, 6.45) is 1.33. The average Bonchev–Trinajstić information content (AvgIpc) is 3.10. The summed E-state index contributed by atoms with van der Waals surface area (Å²) in [5.74, 6) is -0.435. The Hall–Kier alpha value is -3.33. The molecule has 144 valence electrons. The van der Waals surface area contributed by atoms with Crippen molar-refractivity contribution in [1.82, 2.24) is 9.97 Å². The molecule has 0 radical (unpaired) electrons. The van der Waals surface area contributed by atoms with Crippen LogP contribution in [0.3, 0.4) is 0 Å². The van der Waals surface area contributed by atoms with Crippen molar-refractivity contribution in [3.05, 3.63) is 68.8 Å². The van der Waals surface area contributed by atoms with Crippen LogP contribution in [0.15, 0.2) is 41.9 Å². The molecular formula is C19H18N4O4S. The maximum atomic E-state index is 12.3. The van der Waals surface area contributed by atoms with Crippen LogP contribution in [0.4, 0.5) is 16.6 Å². The van der Waals surface area contributed by atoms with E-state index in [-0.39, 0.29) is 24.1 Å². The van der Waals surface area contributed by atoms with Gasteiger partial charge in [-0.15, -0.1) is 11.3 Å². The quantitative estimate of drug-likeness (QED) is 0.453. The Kier molecular flexibility index (Phi) is 5.65. The fraction of sp³-hybridized carbons (Fsp3) is 0.211. The summed E-state index contributed by atoms with van der Waals surface area (Å²) in [6.45, 7) is 5.44. The number of nitro groups is 1. The molecule has 3 rings (SSSR count). The number of hydrogen-bond acceptors (Lipinski definition) is 7. The number of ether oxygens (including phenoxy) is 1. The summed E-state index contributed by atoms with van der Waals surface area (Å²) < 4.78 is 5.52. The number of pyridine rings is 1. The average molecular weight is 398 g/mol. The number of nitrogens with zero attached hydrogens (tertiary/aromatic N) is 4. The number of hydrogen-bond donors (Lipinski definition) is 0. The van der Waals surface area contributed by atoms with Gasteiger partial charge >= 0.3 is 5.82 Å². The number of benzene rings is 1. The SMILES string of the molecule is CC(=O)N(c1nc(COc2cccnc2[N+](=O)[O-])cs1)c1ccc(C)cc1C. The van der Waals surface area contributed by atoms with Gasteiger partial charge in [0.25, 0.3) is 0 Å². The topological polar surface area (TPSA) is 98.5 Å². The van der Waals surface area contributed by atoms with Gasteiger partial charge in [-0.3, -0.25) is 9.69 Å². The summed E-state index contributed by atoms with van der Waals surface area (Å²) in [5, 5.41) is 13.3. The van der Waals surface area contributed by atoms with E-state index < -0.39 is 4.92 Å². The molecular weight excluding hydrogens is 380 g/mol. The molecule has 2 aromatic heterocycles. The molecule has 0 atom stereocenters. The van der Waals surface area contributed by atoms with Crippen LogP contribution in [0.1, 0.15) is 23.7 Å². The van der Waals surface area contributed by atoms with E-state index in [4.69, 9.17) is 4.74 Å². The zero-order chi connectivity index (χ0) is 20.3. The number of amides is 1. The first-order valence-electron chi connectivity index (χ1n) is 8.41. The standard InChI is InChI=1S/C19H18N4O4S/c1-12-6-7-16(13(2)9-12)22(14(3)24)19-21-15(11-28-19)10-27-17-5-4-8-20-18(17)23(25)26/h4-9,11H,10H2,1-3H3. The molecule has 8 nitrogen and oxygen atoms in total. The Labute approximate surface area is 165 Å². The van der Waals surface area contributed by atoms with E-state index >= 15 is 0 Å². The molecule has 0 fully saturated rings. The van der Waals surface area contributed by atoms with E-state index in [0.29, 0.717) is 10.8 Å². The summed E-state index contributed by atoms with van der Waals surface area (Å²) in [5.41, 5.74) is 3.40. The predicted molar refractivity (Wildman–Crippen MR) is 106 cm³/mol. The van der Waals surface area contributed by atoms with Gasteiger partial charge in [-0.25, -0.2) is 4.98 Å². The Bertz CT molecular complexity index is 1030. The van der Waals surface area contributed by atoms with Crippen molar-refractivity contribution in [3.8, 4) is 5.75 Å². The van der Waals surface area contributed by atoms with Crippen LogP contribution in [0.25, 0.3) is 0 Å². The fourth-order valence-electron chi connectivity index (χ4n) is 2.71. The summed E-state index contributed by atoms with van der Waals surface area (Å²) in [4.78, 5) is 32.4. The minimum absolute atomic E-state index is 0.0294. The molecule has 9 heteroatoms. The first-order valence-corrected chi connectivity index (χ1v) is 9.29. The van der Waals surface area contributed by atoms with Crippen molar-refractivity contribution >= 4 is 33.9 Å². The molecule has 0 aliphatic heterocycles. The minimum Gasteiger partial charge on any atom is -0.479 e. The Morgan fingerprint density at radius 3 is 2.79 bits per heavy atom. The van der Waals surface area contributed by atoms with Crippen molar-refractivity contribution in [2.45, 2.75) is 27.4 Å². The van der Waals surface area contributed by atoms with Gasteiger partial charge in [-0.1, -0.05) is 17.7 Å². The van der Waals surface area contributed by atoms with Gasteiger partial charge in [-0.2, -0.15) is 0 Å². The Morgan fingerprint density at radius 2 is 2.11 bits per heavy atom. The van der Waals surface area contributed by atoms with Gasteiger partial charge in [0.2, 0.25) is 11.7 Å². The van der Waals surface area contributed by atoms with Crippen molar-refractivity contribution in [2.24, 2.45) is 0 Å². The Balaban J connectivity index is 1.82. The minimum atomic E-state index is -0.598. The second kappa shape index (κ2) is 8.13. The highest BCUT2D eigenvalue weighted by molar-refractivity contribution is 7.14. The lowest BCUT2D eigenvalue weighted by molar-refractivity contribution is -0.390. The fourth-order valence-corrected chi connectivity index (χ4v) is 3.58. The highest BCUT2D eigenvalue weighted by Crippen LogP contribution is 2.32. The van der Waals surface area contributed by atoms with Crippen molar-refractivity contribution in [2.75, 3.05) is 4.90 Å². The third-order valence-electron chi connectivity index (χ3n) is 3.94. The van der Waals surface area contributed by atoms with E-state index in [1.807, 2.05) is 32.0 Å². The number of anilines is 2. The lowest BCUT2D eigenvalue weighted by Gasteiger charge is -2.20. The van der Waals surface area contributed by atoms with Gasteiger partial charge in [0.05, 0.1) is 11.4 Å². The number of aryl methyl sites for hydroxylation is 2. The number of carbonyl (C=O) groups excluding carboxylic acids is 1. The molecule has 1 aromatic carbocycles. The van der Waals surface area contributed by atoms with Crippen LogP contribution in [0.5, 0.6) is 5.75 Å². The van der Waals surface area contributed by atoms with E-state index in [2.05, 4.69) is 9.97 Å². The van der Waals surface area contributed by atoms with Crippen molar-refractivity contribution < 1.29 is 14.5 Å². The smallest absolute Gasteiger partial charge is 0.406 e. The molecule has 0 unspecified atom stereocenters. The maximum Gasteiger partial charge on any atom is 0.406 e. The molecule has 3 aromatic rings. The van der Waals surface area contributed by atoms with E-state index in [0.717, 1.165) is 16.8 Å². The van der Waals surface area contributed by atoms with E-state index in [1.54, 1.807) is 16.3 Å². The summed E-state index contributed by atoms with van der Waals surface area (Å²) in [6, 6.07) is 8.88. The molecule has 0 aliphatic carbocycles. The number of rotatable bonds is 6. The second-order valence-corrected chi connectivity index (χ2v) is 6.97. The van der Waals surface area contributed by atoms with Crippen LogP contribution >= 0.6 is 11.3 Å². The van der Waals surface area contributed by atoms with Gasteiger partial charge < -0.3 is 14.9 Å². The molecule has 0 saturated heterocycles. The highest BCUT2D eigenvalue weighted by Gasteiger charge is 2.21. The number of aromatic nitrogens is 2. The lowest BCUT2D eigenvalue weighted by atomic mass is 10.1. The highest BCUT2D eigenvalue weighted by atomic mass is 32.1. The van der Waals surface area contributed by atoms with Crippen LogP contribution in [0, 0.1) is 24.0 Å².